The number of rotatable bonds is 13. The summed E-state index contributed by atoms with van der Waals surface area (Å²) in [6.07, 6.45) is 5.67. The van der Waals surface area contributed by atoms with Crippen molar-refractivity contribution in [2.24, 2.45) is 0 Å². The number of hydrogen-bond donors (Lipinski definition) is 1. The second-order valence-electron chi connectivity index (χ2n) is 9.73. The van der Waals surface area contributed by atoms with Gasteiger partial charge in [-0.15, -0.1) is 0 Å². The summed E-state index contributed by atoms with van der Waals surface area (Å²) in [5.41, 5.74) is 7.03. The summed E-state index contributed by atoms with van der Waals surface area (Å²) in [6.45, 7) is 5.18. The average molecular weight is 496 g/mol. The lowest BCUT2D eigenvalue weighted by molar-refractivity contribution is -0.145. The Kier molecular flexibility index (Phi) is 9.20. The number of carboxylic acids is 1. The summed E-state index contributed by atoms with van der Waals surface area (Å²) in [5.74, 6) is -0.416. The van der Waals surface area contributed by atoms with E-state index >= 15 is 0 Å². The van der Waals surface area contributed by atoms with Crippen LogP contribution < -0.4 is 4.74 Å². The summed E-state index contributed by atoms with van der Waals surface area (Å²) in [4.78, 5) is 11.8. The van der Waals surface area contributed by atoms with Crippen LogP contribution in [-0.4, -0.2) is 21.7 Å². The van der Waals surface area contributed by atoms with Crippen molar-refractivity contribution in [3.8, 4) is 17.0 Å². The van der Waals surface area contributed by atoms with Gasteiger partial charge in [-0.05, 0) is 78.4 Å². The zero-order valence-corrected chi connectivity index (χ0v) is 21.9. The molecule has 0 unspecified atom stereocenters. The lowest BCUT2D eigenvalue weighted by Crippen LogP contribution is -2.29. The molecule has 1 aromatic heterocycles. The van der Waals surface area contributed by atoms with Gasteiger partial charge in [0.1, 0.15) is 5.75 Å². The summed E-state index contributed by atoms with van der Waals surface area (Å²) in [5, 5.41) is 9.66. The zero-order valence-electron chi connectivity index (χ0n) is 21.9. The van der Waals surface area contributed by atoms with Crippen LogP contribution in [0.4, 0.5) is 0 Å². The van der Waals surface area contributed by atoms with Crippen LogP contribution in [0.15, 0.2) is 91.0 Å². The van der Waals surface area contributed by atoms with Gasteiger partial charge in [-0.25, -0.2) is 4.79 Å². The number of ether oxygens (including phenoxy) is 1. The Bertz CT molecular complexity index is 1260. The second-order valence-corrected chi connectivity index (χ2v) is 9.73. The number of aryl methyl sites for hydroxylation is 2. The van der Waals surface area contributed by atoms with Gasteiger partial charge in [-0.1, -0.05) is 80.8 Å². The normalized spacial score (nSPS) is 11.8. The molecule has 1 N–H and O–H groups in total. The van der Waals surface area contributed by atoms with Crippen LogP contribution in [0.5, 0.6) is 5.75 Å². The van der Waals surface area contributed by atoms with Crippen LogP contribution in [0.3, 0.4) is 0 Å². The number of hydrogen-bond acceptors (Lipinski definition) is 2. The highest BCUT2D eigenvalue weighted by atomic mass is 16.5. The number of carbonyl (C=O) groups is 1. The molecule has 0 fully saturated rings. The van der Waals surface area contributed by atoms with Gasteiger partial charge < -0.3 is 14.4 Å². The third kappa shape index (κ3) is 7.36. The molecule has 3 aromatic carbocycles. The fourth-order valence-electron chi connectivity index (χ4n) is 4.66. The Hall–Kier alpha value is -3.79. The fraction of sp³-hybridized carbons (Fsp3) is 0.303. The molecule has 1 atom stereocenters. The maximum Gasteiger partial charge on any atom is 0.345 e. The number of aliphatic carboxylic acids is 1. The molecule has 4 aromatic rings. The highest BCUT2D eigenvalue weighted by Gasteiger charge is 2.20. The molecule has 4 heteroatoms. The minimum absolute atomic E-state index is 0.317. The fourth-order valence-corrected chi connectivity index (χ4v) is 4.66. The SMILES string of the molecule is CCCCCCc1ccc(Cn2c(C)ccc2-c2ccc(O[C@H](Cc3ccccc3)C(=O)O)cc2)cc1. The van der Waals surface area contributed by atoms with E-state index in [1.54, 1.807) is 0 Å². The molecule has 0 spiro atoms. The smallest absolute Gasteiger partial charge is 0.345 e. The molecule has 1 heterocycles. The maximum atomic E-state index is 11.8. The molecule has 192 valence electrons. The largest absolute Gasteiger partial charge is 0.478 e. The molecular formula is C33H37NO3. The summed E-state index contributed by atoms with van der Waals surface area (Å²) in [7, 11) is 0. The minimum atomic E-state index is -0.968. The van der Waals surface area contributed by atoms with Gasteiger partial charge in [-0.3, -0.25) is 0 Å². The Morgan fingerprint density at radius 2 is 1.51 bits per heavy atom. The van der Waals surface area contributed by atoms with Crippen molar-refractivity contribution in [2.45, 2.75) is 65.0 Å². The second kappa shape index (κ2) is 13.0. The average Bonchev–Trinajstić information content (AvgIpc) is 3.28. The van der Waals surface area contributed by atoms with Gasteiger partial charge in [0.2, 0.25) is 0 Å². The first-order chi connectivity index (χ1) is 18.0. The predicted molar refractivity (Wildman–Crippen MR) is 150 cm³/mol. The van der Waals surface area contributed by atoms with Crippen molar-refractivity contribution in [2.75, 3.05) is 0 Å². The van der Waals surface area contributed by atoms with E-state index in [2.05, 4.69) is 54.8 Å². The highest BCUT2D eigenvalue weighted by Crippen LogP contribution is 2.27. The summed E-state index contributed by atoms with van der Waals surface area (Å²) >= 11 is 0. The van der Waals surface area contributed by atoms with Gasteiger partial charge in [0, 0.05) is 24.4 Å². The van der Waals surface area contributed by atoms with Crippen LogP contribution in [0.25, 0.3) is 11.3 Å². The van der Waals surface area contributed by atoms with Crippen molar-refractivity contribution in [3.05, 3.63) is 113 Å². The van der Waals surface area contributed by atoms with E-state index in [4.69, 9.17) is 4.74 Å². The maximum absolute atomic E-state index is 11.8. The van der Waals surface area contributed by atoms with Crippen LogP contribution in [0.1, 0.15) is 55.0 Å². The van der Waals surface area contributed by atoms with Gasteiger partial charge in [-0.2, -0.15) is 0 Å². The quantitative estimate of drug-likeness (QED) is 0.193. The Labute approximate surface area is 220 Å². The molecule has 0 amide bonds. The Balaban J connectivity index is 1.42. The highest BCUT2D eigenvalue weighted by molar-refractivity contribution is 5.73. The van der Waals surface area contributed by atoms with E-state index in [0.29, 0.717) is 12.2 Å². The van der Waals surface area contributed by atoms with Gasteiger partial charge in [0.15, 0.2) is 6.10 Å². The molecule has 0 bridgehead atoms. The van der Waals surface area contributed by atoms with Crippen LogP contribution in [-0.2, 0) is 24.2 Å². The standard InChI is InChI=1S/C33H37NO3/c1-3-4-5-7-10-26-14-16-28(17-15-26)24-34-25(2)13-22-31(34)29-18-20-30(21-19-29)37-32(33(35)36)23-27-11-8-6-9-12-27/h6,8-9,11-22,32H,3-5,7,10,23-24H2,1-2H3,(H,35,36)/t32-/m1/s1. The molecule has 4 nitrogen and oxygen atoms in total. The Morgan fingerprint density at radius 3 is 2.19 bits per heavy atom. The van der Waals surface area contributed by atoms with E-state index in [-0.39, 0.29) is 0 Å². The molecule has 37 heavy (non-hydrogen) atoms. The molecule has 0 saturated heterocycles. The molecule has 0 aliphatic carbocycles. The van der Waals surface area contributed by atoms with Gasteiger partial charge in [0.25, 0.3) is 0 Å². The van der Waals surface area contributed by atoms with Crippen molar-refractivity contribution in [1.82, 2.24) is 4.57 Å². The van der Waals surface area contributed by atoms with E-state index in [1.807, 2.05) is 54.6 Å². The first-order valence-corrected chi connectivity index (χ1v) is 13.3. The van der Waals surface area contributed by atoms with Crippen molar-refractivity contribution < 1.29 is 14.6 Å². The third-order valence-corrected chi connectivity index (χ3v) is 6.85. The van der Waals surface area contributed by atoms with Crippen molar-refractivity contribution >= 4 is 5.97 Å². The lowest BCUT2D eigenvalue weighted by Gasteiger charge is -2.16. The van der Waals surface area contributed by atoms with Crippen molar-refractivity contribution in [3.63, 3.8) is 0 Å². The van der Waals surface area contributed by atoms with E-state index in [9.17, 15) is 9.90 Å². The van der Waals surface area contributed by atoms with Gasteiger partial charge >= 0.3 is 5.97 Å². The predicted octanol–water partition coefficient (Wildman–Crippen LogP) is 7.71. The monoisotopic (exact) mass is 495 g/mol. The number of carboxylic acid groups (broad SMARTS) is 1. The van der Waals surface area contributed by atoms with Crippen molar-refractivity contribution in [1.29, 1.82) is 0 Å². The minimum Gasteiger partial charge on any atom is -0.478 e. The summed E-state index contributed by atoms with van der Waals surface area (Å²) < 4.78 is 8.17. The molecule has 0 aliphatic heterocycles. The number of benzene rings is 3. The number of nitrogens with zero attached hydrogens (tertiary/aromatic N) is 1. The molecule has 0 radical (unpaired) electrons. The Morgan fingerprint density at radius 1 is 0.811 bits per heavy atom. The lowest BCUT2D eigenvalue weighted by atomic mass is 10.0. The zero-order chi connectivity index (χ0) is 26.0. The molecule has 0 saturated carbocycles. The first-order valence-electron chi connectivity index (χ1n) is 13.3. The molecule has 4 rings (SSSR count). The van der Waals surface area contributed by atoms with E-state index in [1.165, 1.54) is 42.5 Å². The first kappa shape index (κ1) is 26.3. The van der Waals surface area contributed by atoms with E-state index < -0.39 is 12.1 Å². The van der Waals surface area contributed by atoms with E-state index in [0.717, 1.165) is 29.8 Å². The number of aromatic nitrogens is 1. The molecule has 0 aliphatic rings. The van der Waals surface area contributed by atoms with Gasteiger partial charge in [0.05, 0.1) is 0 Å². The number of unbranched alkanes of at least 4 members (excludes halogenated alkanes) is 3. The molecular weight excluding hydrogens is 458 g/mol. The van der Waals surface area contributed by atoms with Crippen LogP contribution in [0, 0.1) is 6.92 Å². The topological polar surface area (TPSA) is 51.5 Å². The summed E-state index contributed by atoms with van der Waals surface area (Å²) in [6, 6.07) is 30.6. The van der Waals surface area contributed by atoms with Crippen LogP contribution in [0.2, 0.25) is 0 Å². The van der Waals surface area contributed by atoms with Crippen LogP contribution >= 0.6 is 0 Å². The third-order valence-electron chi connectivity index (χ3n) is 6.85.